The van der Waals surface area contributed by atoms with Crippen LogP contribution in [0.1, 0.15) is 20.7 Å². The molecular weight excluding hydrogens is 298 g/mol. The van der Waals surface area contributed by atoms with Crippen LogP contribution < -0.4 is 15.2 Å². The minimum absolute atomic E-state index is 0.252. The molecule has 0 heterocycles. The van der Waals surface area contributed by atoms with Gasteiger partial charge in [0.15, 0.2) is 12.4 Å². The zero-order valence-corrected chi connectivity index (χ0v) is 12.9. The number of ether oxygens (including phenoxy) is 3. The number of anilines is 1. The van der Waals surface area contributed by atoms with E-state index in [0.717, 1.165) is 0 Å². The molecule has 0 radical (unpaired) electrons. The van der Waals surface area contributed by atoms with Crippen LogP contribution in [-0.4, -0.2) is 32.6 Å². The van der Waals surface area contributed by atoms with Gasteiger partial charge in [-0.15, -0.1) is 0 Å². The van der Waals surface area contributed by atoms with Crippen molar-refractivity contribution in [3.63, 3.8) is 0 Å². The minimum atomic E-state index is -0.629. The smallest absolute Gasteiger partial charge is 0.338 e. The number of rotatable bonds is 6. The van der Waals surface area contributed by atoms with E-state index in [1.807, 2.05) is 0 Å². The number of hydrogen-bond donors (Lipinski definition) is 1. The van der Waals surface area contributed by atoms with Crippen molar-refractivity contribution < 1.29 is 23.8 Å². The van der Waals surface area contributed by atoms with Gasteiger partial charge in [-0.1, -0.05) is 12.1 Å². The monoisotopic (exact) mass is 315 g/mol. The third-order valence-corrected chi connectivity index (χ3v) is 3.19. The summed E-state index contributed by atoms with van der Waals surface area (Å²) < 4.78 is 15.1. The summed E-state index contributed by atoms with van der Waals surface area (Å²) in [5.74, 6) is 0.0773. The molecule has 0 aliphatic carbocycles. The lowest BCUT2D eigenvalue weighted by Crippen LogP contribution is -2.14. The lowest BCUT2D eigenvalue weighted by Gasteiger charge is -2.08. The molecule has 2 aromatic carbocycles. The highest BCUT2D eigenvalue weighted by atomic mass is 16.5. The van der Waals surface area contributed by atoms with E-state index >= 15 is 0 Å². The van der Waals surface area contributed by atoms with Crippen LogP contribution >= 0.6 is 0 Å². The zero-order chi connectivity index (χ0) is 16.8. The summed E-state index contributed by atoms with van der Waals surface area (Å²) >= 11 is 0. The molecule has 0 aliphatic heterocycles. The third-order valence-electron chi connectivity index (χ3n) is 3.19. The van der Waals surface area contributed by atoms with Crippen molar-refractivity contribution in [2.24, 2.45) is 0 Å². The van der Waals surface area contributed by atoms with Gasteiger partial charge in [-0.3, -0.25) is 4.79 Å². The van der Waals surface area contributed by atoms with Crippen molar-refractivity contribution in [3.05, 3.63) is 53.6 Å². The highest BCUT2D eigenvalue weighted by Crippen LogP contribution is 2.22. The second-order valence-corrected chi connectivity index (χ2v) is 4.69. The van der Waals surface area contributed by atoms with Crippen molar-refractivity contribution in [2.45, 2.75) is 0 Å². The highest BCUT2D eigenvalue weighted by molar-refractivity contribution is 5.99. The standard InChI is InChI=1S/C17H17NO5/c1-21-13-5-3-4-11(8-13)15(19)10-23-17(20)12-6-7-16(22-2)14(18)9-12/h3-9H,10,18H2,1-2H3. The fourth-order valence-corrected chi connectivity index (χ4v) is 1.96. The summed E-state index contributed by atoms with van der Waals surface area (Å²) in [6.45, 7) is -0.363. The van der Waals surface area contributed by atoms with Crippen LogP contribution in [0.2, 0.25) is 0 Å². The highest BCUT2D eigenvalue weighted by Gasteiger charge is 2.13. The second-order valence-electron chi connectivity index (χ2n) is 4.69. The summed E-state index contributed by atoms with van der Waals surface area (Å²) in [6, 6.07) is 11.2. The Bertz CT molecular complexity index is 727. The zero-order valence-electron chi connectivity index (χ0n) is 12.9. The third kappa shape index (κ3) is 4.00. The summed E-state index contributed by atoms with van der Waals surface area (Å²) in [7, 11) is 2.99. The van der Waals surface area contributed by atoms with Gasteiger partial charge < -0.3 is 19.9 Å². The number of benzene rings is 2. The van der Waals surface area contributed by atoms with Crippen LogP contribution in [0.25, 0.3) is 0 Å². The summed E-state index contributed by atoms with van der Waals surface area (Å²) in [5.41, 5.74) is 6.72. The number of hydrogen-bond acceptors (Lipinski definition) is 6. The van der Waals surface area contributed by atoms with E-state index in [-0.39, 0.29) is 18.0 Å². The van der Waals surface area contributed by atoms with Gasteiger partial charge >= 0.3 is 5.97 Å². The maximum Gasteiger partial charge on any atom is 0.338 e. The van der Waals surface area contributed by atoms with Gasteiger partial charge in [-0.05, 0) is 30.3 Å². The van der Waals surface area contributed by atoms with E-state index in [0.29, 0.717) is 22.7 Å². The summed E-state index contributed by atoms with van der Waals surface area (Å²) in [6.07, 6.45) is 0. The maximum atomic E-state index is 12.0. The fraction of sp³-hybridized carbons (Fsp3) is 0.176. The molecule has 23 heavy (non-hydrogen) atoms. The van der Waals surface area contributed by atoms with Crippen molar-refractivity contribution in [1.82, 2.24) is 0 Å². The van der Waals surface area contributed by atoms with Crippen LogP contribution in [0.4, 0.5) is 5.69 Å². The lowest BCUT2D eigenvalue weighted by molar-refractivity contribution is 0.0474. The average Bonchev–Trinajstić information content (AvgIpc) is 2.59. The first kappa shape index (κ1) is 16.4. The normalized spacial score (nSPS) is 10.0. The van der Waals surface area contributed by atoms with E-state index in [1.54, 1.807) is 30.3 Å². The van der Waals surface area contributed by atoms with Crippen molar-refractivity contribution in [2.75, 3.05) is 26.6 Å². The van der Waals surface area contributed by atoms with Gasteiger partial charge in [0.1, 0.15) is 11.5 Å². The Hall–Kier alpha value is -3.02. The van der Waals surface area contributed by atoms with Crippen LogP contribution in [-0.2, 0) is 4.74 Å². The molecule has 120 valence electrons. The van der Waals surface area contributed by atoms with Crippen molar-refractivity contribution >= 4 is 17.4 Å². The Kier molecular flexibility index (Phi) is 5.19. The average molecular weight is 315 g/mol. The molecule has 0 fully saturated rings. The number of ketones is 1. The number of carbonyl (C=O) groups excluding carboxylic acids is 2. The number of nitrogen functional groups attached to an aromatic ring is 1. The van der Waals surface area contributed by atoms with Crippen molar-refractivity contribution in [1.29, 1.82) is 0 Å². The molecule has 0 aromatic heterocycles. The van der Waals surface area contributed by atoms with E-state index in [1.165, 1.54) is 26.4 Å². The Morgan fingerprint density at radius 2 is 1.78 bits per heavy atom. The molecule has 0 aliphatic rings. The molecule has 6 nitrogen and oxygen atoms in total. The van der Waals surface area contributed by atoms with E-state index in [2.05, 4.69) is 0 Å². The Balaban J connectivity index is 2.00. The minimum Gasteiger partial charge on any atom is -0.497 e. The SMILES string of the molecule is COc1cccc(C(=O)COC(=O)c2ccc(OC)c(N)c2)c1. The number of esters is 1. The van der Waals surface area contributed by atoms with Crippen LogP contribution in [0.15, 0.2) is 42.5 Å². The molecule has 2 N–H and O–H groups in total. The first-order valence-electron chi connectivity index (χ1n) is 6.83. The molecule has 0 bridgehead atoms. The van der Waals surface area contributed by atoms with Crippen LogP contribution in [0, 0.1) is 0 Å². The molecule has 0 spiro atoms. The molecule has 0 amide bonds. The Morgan fingerprint density at radius 1 is 1.00 bits per heavy atom. The van der Waals surface area contributed by atoms with E-state index < -0.39 is 5.97 Å². The van der Waals surface area contributed by atoms with E-state index in [4.69, 9.17) is 19.9 Å². The molecule has 2 rings (SSSR count). The molecule has 0 unspecified atom stereocenters. The van der Waals surface area contributed by atoms with Gasteiger partial charge in [0, 0.05) is 5.56 Å². The fourth-order valence-electron chi connectivity index (χ4n) is 1.96. The Morgan fingerprint density at radius 3 is 2.43 bits per heavy atom. The predicted molar refractivity (Wildman–Crippen MR) is 85.0 cm³/mol. The molecule has 6 heteroatoms. The second kappa shape index (κ2) is 7.31. The van der Waals surface area contributed by atoms with Gasteiger partial charge in [-0.2, -0.15) is 0 Å². The van der Waals surface area contributed by atoms with Crippen molar-refractivity contribution in [3.8, 4) is 11.5 Å². The largest absolute Gasteiger partial charge is 0.497 e. The number of nitrogens with two attached hydrogens (primary N) is 1. The molecule has 0 saturated heterocycles. The van der Waals surface area contributed by atoms with E-state index in [9.17, 15) is 9.59 Å². The van der Waals surface area contributed by atoms with Crippen LogP contribution in [0.5, 0.6) is 11.5 Å². The first-order chi connectivity index (χ1) is 11.0. The predicted octanol–water partition coefficient (Wildman–Crippen LogP) is 2.33. The molecule has 0 atom stereocenters. The number of Topliss-reactive ketones (excluding diaryl/α,β-unsaturated/α-hetero) is 1. The first-order valence-corrected chi connectivity index (χ1v) is 6.83. The molecular formula is C17H17NO5. The Labute approximate surface area is 133 Å². The summed E-state index contributed by atoms with van der Waals surface area (Å²) in [5, 5.41) is 0. The van der Waals surface area contributed by atoms with Gasteiger partial charge in [0.05, 0.1) is 25.5 Å². The summed E-state index contributed by atoms with van der Waals surface area (Å²) in [4.78, 5) is 24.0. The number of carbonyl (C=O) groups is 2. The lowest BCUT2D eigenvalue weighted by atomic mass is 10.1. The van der Waals surface area contributed by atoms with Gasteiger partial charge in [0.2, 0.25) is 0 Å². The number of methoxy groups -OCH3 is 2. The van der Waals surface area contributed by atoms with Gasteiger partial charge in [0.25, 0.3) is 0 Å². The topological polar surface area (TPSA) is 87.8 Å². The van der Waals surface area contributed by atoms with Gasteiger partial charge in [-0.25, -0.2) is 4.79 Å². The van der Waals surface area contributed by atoms with Crippen LogP contribution in [0.3, 0.4) is 0 Å². The quantitative estimate of drug-likeness (QED) is 0.500. The molecule has 2 aromatic rings. The maximum absolute atomic E-state index is 12.0. The molecule has 0 saturated carbocycles.